The molecule has 0 bridgehead atoms. The standard InChI is InChI=1S/C21H21N3O2/c1-3-15(2)23-24-21(25)18-11-9-16(10-12-18)14-26-19-8-4-6-17-7-5-13-22-20(17)19/h4-13,23H,2-3,14H2,1H3,(H,24,25). The summed E-state index contributed by atoms with van der Waals surface area (Å²) in [5.74, 6) is 0.539. The quantitative estimate of drug-likeness (QED) is 0.635. The summed E-state index contributed by atoms with van der Waals surface area (Å²) < 4.78 is 5.91. The molecule has 3 rings (SSSR count). The van der Waals surface area contributed by atoms with E-state index in [-0.39, 0.29) is 5.91 Å². The van der Waals surface area contributed by atoms with Gasteiger partial charge >= 0.3 is 0 Å². The number of nitrogens with one attached hydrogen (secondary N) is 2. The molecule has 5 heteroatoms. The highest BCUT2D eigenvalue weighted by atomic mass is 16.5. The molecule has 0 aliphatic rings. The number of carbonyl (C=O) groups is 1. The number of hydrogen-bond donors (Lipinski definition) is 2. The van der Waals surface area contributed by atoms with Crippen molar-refractivity contribution in [2.75, 3.05) is 0 Å². The summed E-state index contributed by atoms with van der Waals surface area (Å²) in [5, 5.41) is 1.04. The van der Waals surface area contributed by atoms with Crippen LogP contribution in [0.25, 0.3) is 10.9 Å². The van der Waals surface area contributed by atoms with Crippen LogP contribution in [0.15, 0.2) is 73.1 Å². The highest BCUT2D eigenvalue weighted by Gasteiger charge is 2.06. The van der Waals surface area contributed by atoms with Crippen molar-refractivity contribution in [1.82, 2.24) is 15.8 Å². The summed E-state index contributed by atoms with van der Waals surface area (Å²) >= 11 is 0. The number of nitrogens with zero attached hydrogens (tertiary/aromatic N) is 1. The number of fused-ring (bicyclic) bond motifs is 1. The molecule has 1 heterocycles. The fraction of sp³-hybridized carbons (Fsp3) is 0.143. The SMILES string of the molecule is C=C(CC)NNC(=O)c1ccc(COc2cccc3cccnc23)cc1. The predicted molar refractivity (Wildman–Crippen MR) is 103 cm³/mol. The average molecular weight is 347 g/mol. The predicted octanol–water partition coefficient (Wildman–Crippen LogP) is 3.97. The summed E-state index contributed by atoms with van der Waals surface area (Å²) in [4.78, 5) is 16.4. The van der Waals surface area contributed by atoms with E-state index in [0.717, 1.165) is 34.3 Å². The molecule has 0 spiro atoms. The molecule has 0 atom stereocenters. The van der Waals surface area contributed by atoms with Gasteiger partial charge in [-0.1, -0.05) is 43.8 Å². The molecule has 0 aliphatic heterocycles. The first-order valence-corrected chi connectivity index (χ1v) is 8.47. The first-order chi connectivity index (χ1) is 12.7. The number of para-hydroxylation sites is 1. The van der Waals surface area contributed by atoms with Gasteiger partial charge in [0.2, 0.25) is 0 Å². The van der Waals surface area contributed by atoms with Crippen molar-refractivity contribution < 1.29 is 9.53 Å². The minimum atomic E-state index is -0.203. The Bertz CT molecular complexity index is 915. The third-order valence-corrected chi connectivity index (χ3v) is 3.99. The molecule has 0 radical (unpaired) electrons. The monoisotopic (exact) mass is 347 g/mol. The lowest BCUT2D eigenvalue weighted by molar-refractivity contribution is 0.0938. The molecule has 5 nitrogen and oxygen atoms in total. The van der Waals surface area contributed by atoms with E-state index < -0.39 is 0 Å². The summed E-state index contributed by atoms with van der Waals surface area (Å²) in [7, 11) is 0. The summed E-state index contributed by atoms with van der Waals surface area (Å²) in [6.07, 6.45) is 2.50. The molecule has 2 N–H and O–H groups in total. The molecule has 0 unspecified atom stereocenters. The highest BCUT2D eigenvalue weighted by molar-refractivity contribution is 5.93. The molecular formula is C21H21N3O2. The van der Waals surface area contributed by atoms with Crippen LogP contribution in [0.2, 0.25) is 0 Å². The Labute approximate surface area is 152 Å². The minimum absolute atomic E-state index is 0.203. The van der Waals surface area contributed by atoms with Crippen molar-refractivity contribution in [2.45, 2.75) is 20.0 Å². The third kappa shape index (κ3) is 4.19. The van der Waals surface area contributed by atoms with Crippen LogP contribution >= 0.6 is 0 Å². The van der Waals surface area contributed by atoms with Crippen molar-refractivity contribution in [3.05, 3.63) is 84.2 Å². The number of carbonyl (C=O) groups excluding carboxylic acids is 1. The maximum Gasteiger partial charge on any atom is 0.269 e. The van der Waals surface area contributed by atoms with E-state index in [1.54, 1.807) is 18.3 Å². The van der Waals surface area contributed by atoms with E-state index in [2.05, 4.69) is 22.4 Å². The van der Waals surface area contributed by atoms with E-state index in [1.165, 1.54) is 0 Å². The van der Waals surface area contributed by atoms with Crippen molar-refractivity contribution in [3.8, 4) is 5.75 Å². The topological polar surface area (TPSA) is 63.2 Å². The Hall–Kier alpha value is -3.34. The number of amides is 1. The van der Waals surface area contributed by atoms with Gasteiger partial charge in [-0.15, -0.1) is 0 Å². The second kappa shape index (κ2) is 8.16. The van der Waals surface area contributed by atoms with Crippen molar-refractivity contribution >= 4 is 16.8 Å². The van der Waals surface area contributed by atoms with Gasteiger partial charge < -0.3 is 10.2 Å². The Morgan fingerprint density at radius 1 is 1.08 bits per heavy atom. The normalized spacial score (nSPS) is 10.3. The lowest BCUT2D eigenvalue weighted by Crippen LogP contribution is -2.36. The summed E-state index contributed by atoms with van der Waals surface area (Å²) in [6, 6.07) is 17.1. The zero-order valence-electron chi connectivity index (χ0n) is 14.7. The Morgan fingerprint density at radius 2 is 1.85 bits per heavy atom. The zero-order valence-corrected chi connectivity index (χ0v) is 14.7. The number of ether oxygens (including phenoxy) is 1. The van der Waals surface area contributed by atoms with Crippen LogP contribution in [-0.2, 0) is 6.61 Å². The number of rotatable bonds is 7. The van der Waals surface area contributed by atoms with Crippen molar-refractivity contribution in [3.63, 3.8) is 0 Å². The van der Waals surface area contributed by atoms with Gasteiger partial charge in [0.1, 0.15) is 17.9 Å². The van der Waals surface area contributed by atoms with Gasteiger partial charge in [0.25, 0.3) is 5.91 Å². The molecule has 132 valence electrons. The van der Waals surface area contributed by atoms with Crippen LogP contribution in [0.4, 0.5) is 0 Å². The van der Waals surface area contributed by atoms with Crippen LogP contribution in [0.5, 0.6) is 5.75 Å². The second-order valence-electron chi connectivity index (χ2n) is 5.85. The molecular weight excluding hydrogens is 326 g/mol. The molecule has 1 amide bonds. The molecule has 0 saturated carbocycles. The number of benzene rings is 2. The van der Waals surface area contributed by atoms with Gasteiger partial charge in [-0.3, -0.25) is 15.2 Å². The van der Waals surface area contributed by atoms with Gasteiger partial charge in [0.15, 0.2) is 0 Å². The van der Waals surface area contributed by atoms with Crippen molar-refractivity contribution in [2.24, 2.45) is 0 Å². The number of aromatic nitrogens is 1. The Kier molecular flexibility index (Phi) is 5.49. The molecule has 26 heavy (non-hydrogen) atoms. The molecule has 3 aromatic rings. The number of pyridine rings is 1. The van der Waals surface area contributed by atoms with Gasteiger partial charge in [-0.05, 0) is 36.2 Å². The third-order valence-electron chi connectivity index (χ3n) is 3.99. The number of hydrazine groups is 1. The van der Waals surface area contributed by atoms with Crippen LogP contribution in [-0.4, -0.2) is 10.9 Å². The molecule has 0 aliphatic carbocycles. The largest absolute Gasteiger partial charge is 0.487 e. The fourth-order valence-electron chi connectivity index (χ4n) is 2.41. The van der Waals surface area contributed by atoms with Gasteiger partial charge in [0.05, 0.1) is 0 Å². The van der Waals surface area contributed by atoms with E-state index >= 15 is 0 Å². The molecule has 0 saturated heterocycles. The lowest BCUT2D eigenvalue weighted by Gasteiger charge is -2.11. The summed E-state index contributed by atoms with van der Waals surface area (Å²) in [6.45, 7) is 6.15. The number of hydrogen-bond acceptors (Lipinski definition) is 4. The molecule has 1 aromatic heterocycles. The Morgan fingerprint density at radius 3 is 2.62 bits per heavy atom. The highest BCUT2D eigenvalue weighted by Crippen LogP contribution is 2.23. The Balaban J connectivity index is 1.62. The van der Waals surface area contributed by atoms with Crippen LogP contribution in [0, 0.1) is 0 Å². The fourth-order valence-corrected chi connectivity index (χ4v) is 2.41. The van der Waals surface area contributed by atoms with E-state index in [4.69, 9.17) is 4.74 Å². The second-order valence-corrected chi connectivity index (χ2v) is 5.85. The maximum absolute atomic E-state index is 12.0. The summed E-state index contributed by atoms with van der Waals surface area (Å²) in [5.41, 5.74) is 8.54. The van der Waals surface area contributed by atoms with Crippen LogP contribution in [0.3, 0.4) is 0 Å². The van der Waals surface area contributed by atoms with E-state index in [9.17, 15) is 4.79 Å². The maximum atomic E-state index is 12.0. The van der Waals surface area contributed by atoms with Crippen LogP contribution < -0.4 is 15.6 Å². The van der Waals surface area contributed by atoms with E-state index in [0.29, 0.717) is 12.2 Å². The molecule has 0 fully saturated rings. The van der Waals surface area contributed by atoms with Crippen LogP contribution in [0.1, 0.15) is 29.3 Å². The molecule has 2 aromatic carbocycles. The van der Waals surface area contributed by atoms with E-state index in [1.807, 2.05) is 49.4 Å². The first-order valence-electron chi connectivity index (χ1n) is 8.47. The smallest absolute Gasteiger partial charge is 0.269 e. The minimum Gasteiger partial charge on any atom is -0.487 e. The number of allylic oxidation sites excluding steroid dienone is 1. The lowest BCUT2D eigenvalue weighted by atomic mass is 10.1. The first kappa shape index (κ1) is 17.5. The van der Waals surface area contributed by atoms with Gasteiger partial charge in [-0.25, -0.2) is 0 Å². The van der Waals surface area contributed by atoms with Crippen molar-refractivity contribution in [1.29, 1.82) is 0 Å². The zero-order chi connectivity index (χ0) is 18.4. The average Bonchev–Trinajstić information content (AvgIpc) is 2.70. The van der Waals surface area contributed by atoms with Gasteiger partial charge in [0, 0.05) is 22.8 Å². The van der Waals surface area contributed by atoms with Gasteiger partial charge in [-0.2, -0.15) is 0 Å².